The number of halogens is 1. The molecule has 0 saturated carbocycles. The summed E-state index contributed by atoms with van der Waals surface area (Å²) in [5.74, 6) is -0.257. The van der Waals surface area contributed by atoms with Crippen LogP contribution in [0.1, 0.15) is 30.0 Å². The number of aryl methyl sites for hydroxylation is 1. The first-order chi connectivity index (χ1) is 22.6. The summed E-state index contributed by atoms with van der Waals surface area (Å²) in [6.07, 6.45) is 0.956. The van der Waals surface area contributed by atoms with Crippen molar-refractivity contribution in [2.24, 2.45) is 0 Å². The molecule has 0 radical (unpaired) electrons. The molecule has 11 heteroatoms. The number of nitrogens with zero attached hydrogens (tertiary/aromatic N) is 2. The summed E-state index contributed by atoms with van der Waals surface area (Å²) in [6.45, 7) is 3.81. The predicted molar refractivity (Wildman–Crippen MR) is 187 cm³/mol. The molecule has 0 unspecified atom stereocenters. The van der Waals surface area contributed by atoms with E-state index in [0.29, 0.717) is 24.4 Å². The van der Waals surface area contributed by atoms with E-state index in [1.807, 2.05) is 68.4 Å². The third-order valence-electron chi connectivity index (χ3n) is 7.61. The van der Waals surface area contributed by atoms with Gasteiger partial charge in [0.15, 0.2) is 11.5 Å². The van der Waals surface area contributed by atoms with E-state index < -0.39 is 28.5 Å². The quantitative estimate of drug-likeness (QED) is 0.158. The molecular formula is C36H40BrN3O6S. The molecule has 0 aliphatic rings. The molecule has 4 aromatic rings. The molecule has 0 aliphatic carbocycles. The first-order valence-corrected chi connectivity index (χ1v) is 17.5. The highest BCUT2D eigenvalue weighted by Crippen LogP contribution is 2.32. The fraction of sp³-hybridized carbons (Fsp3) is 0.278. The Balaban J connectivity index is 1.82. The number of ether oxygens (including phenoxy) is 2. The number of rotatable bonds is 15. The first kappa shape index (κ1) is 35.5. The number of hydrogen-bond acceptors (Lipinski definition) is 6. The number of nitrogens with one attached hydrogen (secondary N) is 1. The van der Waals surface area contributed by atoms with Gasteiger partial charge in [0.2, 0.25) is 11.8 Å². The second-order valence-corrected chi connectivity index (χ2v) is 13.8. The van der Waals surface area contributed by atoms with E-state index in [4.69, 9.17) is 9.47 Å². The molecule has 4 aromatic carbocycles. The third-order valence-corrected chi connectivity index (χ3v) is 9.87. The van der Waals surface area contributed by atoms with Gasteiger partial charge in [-0.25, -0.2) is 8.42 Å². The van der Waals surface area contributed by atoms with Crippen molar-refractivity contribution >= 4 is 43.5 Å². The average molecular weight is 723 g/mol. The van der Waals surface area contributed by atoms with Gasteiger partial charge in [-0.05, 0) is 60.9 Å². The van der Waals surface area contributed by atoms with Crippen LogP contribution >= 0.6 is 15.9 Å². The van der Waals surface area contributed by atoms with Gasteiger partial charge in [-0.1, -0.05) is 83.0 Å². The Labute approximate surface area is 285 Å². The molecule has 1 N–H and O–H groups in total. The van der Waals surface area contributed by atoms with Crippen molar-refractivity contribution in [1.82, 2.24) is 10.2 Å². The van der Waals surface area contributed by atoms with E-state index in [1.54, 1.807) is 24.3 Å². The highest BCUT2D eigenvalue weighted by molar-refractivity contribution is 9.10. The molecule has 0 heterocycles. The van der Waals surface area contributed by atoms with Gasteiger partial charge in [-0.2, -0.15) is 0 Å². The monoisotopic (exact) mass is 721 g/mol. The maximum Gasteiger partial charge on any atom is 0.264 e. The highest BCUT2D eigenvalue weighted by atomic mass is 79.9. The highest BCUT2D eigenvalue weighted by Gasteiger charge is 2.35. The molecule has 9 nitrogen and oxygen atoms in total. The summed E-state index contributed by atoms with van der Waals surface area (Å²) >= 11 is 3.50. The van der Waals surface area contributed by atoms with E-state index in [1.165, 1.54) is 37.3 Å². The Bertz CT molecular complexity index is 1770. The van der Waals surface area contributed by atoms with E-state index in [2.05, 4.69) is 21.2 Å². The van der Waals surface area contributed by atoms with E-state index in [0.717, 1.165) is 25.5 Å². The second-order valence-electron chi connectivity index (χ2n) is 11.0. The van der Waals surface area contributed by atoms with Gasteiger partial charge in [0.05, 0.1) is 24.8 Å². The van der Waals surface area contributed by atoms with Crippen molar-refractivity contribution in [2.45, 2.75) is 44.2 Å². The zero-order chi connectivity index (χ0) is 34.0. The topological polar surface area (TPSA) is 105 Å². The van der Waals surface area contributed by atoms with Gasteiger partial charge in [0.25, 0.3) is 10.0 Å². The van der Waals surface area contributed by atoms with Gasteiger partial charge in [0.1, 0.15) is 12.6 Å². The van der Waals surface area contributed by atoms with Crippen molar-refractivity contribution in [3.63, 3.8) is 0 Å². The fourth-order valence-corrected chi connectivity index (χ4v) is 6.97. The zero-order valence-electron chi connectivity index (χ0n) is 27.0. The summed E-state index contributed by atoms with van der Waals surface area (Å²) in [6, 6.07) is 27.2. The second kappa shape index (κ2) is 16.5. The molecule has 0 bridgehead atoms. The lowest BCUT2D eigenvalue weighted by atomic mass is 10.0. The van der Waals surface area contributed by atoms with Gasteiger partial charge in [0, 0.05) is 30.0 Å². The van der Waals surface area contributed by atoms with E-state index in [-0.39, 0.29) is 29.5 Å². The van der Waals surface area contributed by atoms with Crippen LogP contribution in [-0.4, -0.2) is 58.5 Å². The largest absolute Gasteiger partial charge is 0.493 e. The molecule has 0 aromatic heterocycles. The van der Waals surface area contributed by atoms with Crippen molar-refractivity contribution in [1.29, 1.82) is 0 Å². The van der Waals surface area contributed by atoms with Gasteiger partial charge >= 0.3 is 0 Å². The maximum absolute atomic E-state index is 14.6. The number of amides is 2. The van der Waals surface area contributed by atoms with Crippen molar-refractivity contribution in [2.75, 3.05) is 31.6 Å². The summed E-state index contributed by atoms with van der Waals surface area (Å²) in [5.41, 5.74) is 2.87. The summed E-state index contributed by atoms with van der Waals surface area (Å²) in [4.78, 5) is 29.8. The normalized spacial score (nSPS) is 11.8. The molecule has 1 atom stereocenters. The van der Waals surface area contributed by atoms with Crippen LogP contribution in [0.4, 0.5) is 5.69 Å². The summed E-state index contributed by atoms with van der Waals surface area (Å²) < 4.78 is 41.3. The van der Waals surface area contributed by atoms with Crippen LogP contribution in [0.5, 0.6) is 11.5 Å². The summed E-state index contributed by atoms with van der Waals surface area (Å²) in [7, 11) is -1.42. The third kappa shape index (κ3) is 9.14. The Kier molecular flexibility index (Phi) is 12.4. The molecule has 248 valence electrons. The lowest BCUT2D eigenvalue weighted by Gasteiger charge is -2.34. The molecule has 0 fully saturated rings. The molecule has 0 aliphatic heterocycles. The minimum absolute atomic E-state index is 0.0768. The van der Waals surface area contributed by atoms with Crippen molar-refractivity contribution in [3.05, 3.63) is 118 Å². The van der Waals surface area contributed by atoms with Crippen LogP contribution in [0, 0.1) is 6.92 Å². The maximum atomic E-state index is 14.6. The minimum Gasteiger partial charge on any atom is -0.493 e. The smallest absolute Gasteiger partial charge is 0.264 e. The molecule has 47 heavy (non-hydrogen) atoms. The Morgan fingerprint density at radius 3 is 2.17 bits per heavy atom. The van der Waals surface area contributed by atoms with E-state index >= 15 is 0 Å². The minimum atomic E-state index is -4.31. The predicted octanol–water partition coefficient (Wildman–Crippen LogP) is 6.14. The van der Waals surface area contributed by atoms with Crippen LogP contribution in [-0.2, 0) is 32.6 Å². The molecule has 0 saturated heterocycles. The molecule has 2 amide bonds. The lowest BCUT2D eigenvalue weighted by Crippen LogP contribution is -2.53. The molecule has 0 spiro atoms. The van der Waals surface area contributed by atoms with Crippen LogP contribution in [0.2, 0.25) is 0 Å². The Morgan fingerprint density at radius 2 is 1.53 bits per heavy atom. The number of sulfonamides is 1. The zero-order valence-corrected chi connectivity index (χ0v) is 29.4. The van der Waals surface area contributed by atoms with Crippen LogP contribution in [0.25, 0.3) is 0 Å². The van der Waals surface area contributed by atoms with Crippen LogP contribution in [0.15, 0.2) is 106 Å². The Morgan fingerprint density at radius 1 is 0.851 bits per heavy atom. The van der Waals surface area contributed by atoms with E-state index in [9.17, 15) is 18.0 Å². The lowest BCUT2D eigenvalue weighted by molar-refractivity contribution is -0.140. The number of benzene rings is 4. The number of carbonyl (C=O) groups excluding carboxylic acids is 2. The fourth-order valence-electron chi connectivity index (χ4n) is 5.10. The molecule has 4 rings (SSSR count). The summed E-state index contributed by atoms with van der Waals surface area (Å²) in [5, 5.41) is 2.96. The van der Waals surface area contributed by atoms with Crippen LogP contribution in [0.3, 0.4) is 0 Å². The number of carbonyl (C=O) groups is 2. The number of methoxy groups -OCH3 is 2. The standard InChI is InChI=1S/C36H40BrN3O6S/c1-5-20-38-36(42)32(22-27-10-7-6-8-11-27)39(24-28-12-9-13-29(37)21-28)35(41)25-40(30-16-14-26(2)15-17-30)47(43,44)31-18-19-33(45-3)34(23-31)46-4/h6-19,21,23,32H,5,20,22,24-25H2,1-4H3,(H,38,42)/t32-/m1/s1. The first-order valence-electron chi connectivity index (χ1n) is 15.2. The van der Waals surface area contributed by atoms with Crippen molar-refractivity contribution < 1.29 is 27.5 Å². The van der Waals surface area contributed by atoms with Gasteiger partial charge in [-0.3, -0.25) is 13.9 Å². The van der Waals surface area contributed by atoms with Gasteiger partial charge < -0.3 is 19.7 Å². The average Bonchev–Trinajstić information content (AvgIpc) is 3.08. The number of hydrogen-bond donors (Lipinski definition) is 1. The van der Waals surface area contributed by atoms with Crippen molar-refractivity contribution in [3.8, 4) is 11.5 Å². The van der Waals surface area contributed by atoms with Crippen LogP contribution < -0.4 is 19.1 Å². The molecular weight excluding hydrogens is 682 g/mol. The Hall–Kier alpha value is -4.35. The van der Waals surface area contributed by atoms with Gasteiger partial charge in [-0.15, -0.1) is 0 Å². The number of anilines is 1. The SMILES string of the molecule is CCCNC(=O)[C@@H](Cc1ccccc1)N(Cc1cccc(Br)c1)C(=O)CN(c1ccc(C)cc1)S(=O)(=O)c1ccc(OC)c(OC)c1.